The Kier molecular flexibility index (Phi) is 3.66. The molecule has 0 amide bonds. The second-order valence-corrected chi connectivity index (χ2v) is 4.02. The molecule has 2 unspecified atom stereocenters. The Balaban J connectivity index is 2.71. The Morgan fingerprint density at radius 2 is 2.33 bits per heavy atom. The summed E-state index contributed by atoms with van der Waals surface area (Å²) in [7, 11) is 0. The highest BCUT2D eigenvalue weighted by Crippen LogP contribution is 2.24. The van der Waals surface area contributed by atoms with Gasteiger partial charge in [0.25, 0.3) is 0 Å². The average molecular weight is 229 g/mol. The molecule has 0 aliphatic heterocycles. The largest absolute Gasteiger partial charge is 0.245 e. The van der Waals surface area contributed by atoms with Gasteiger partial charge in [0.05, 0.1) is 0 Å². The maximum absolute atomic E-state index is 4.21. The Hall–Kier alpha value is -0.440. The van der Waals surface area contributed by atoms with Crippen LogP contribution in [0.1, 0.15) is 31.9 Å². The van der Waals surface area contributed by atoms with Crippen molar-refractivity contribution >= 4 is 15.9 Å². The van der Waals surface area contributed by atoms with Gasteiger partial charge in [-0.05, 0) is 12.5 Å². The minimum absolute atomic E-state index is 0.456. The first-order chi connectivity index (χ1) is 5.75. The van der Waals surface area contributed by atoms with Crippen LogP contribution in [0, 0.1) is 0 Å². The van der Waals surface area contributed by atoms with Gasteiger partial charge < -0.3 is 0 Å². The van der Waals surface area contributed by atoms with E-state index in [0.717, 1.165) is 12.1 Å². The number of alkyl halides is 1. The summed E-state index contributed by atoms with van der Waals surface area (Å²) >= 11 is 3.62. The number of hydrogen-bond acceptors (Lipinski definition) is 2. The molecule has 3 heteroatoms. The number of hydrogen-bond donors (Lipinski definition) is 0. The minimum Gasteiger partial charge on any atom is -0.245 e. The van der Waals surface area contributed by atoms with E-state index < -0.39 is 0 Å². The third kappa shape index (κ3) is 2.27. The van der Waals surface area contributed by atoms with E-state index in [9.17, 15) is 0 Å². The lowest BCUT2D eigenvalue weighted by Crippen LogP contribution is -2.09. The zero-order valence-electron chi connectivity index (χ0n) is 7.37. The zero-order chi connectivity index (χ0) is 8.97. The molecule has 2 nitrogen and oxygen atoms in total. The van der Waals surface area contributed by atoms with Crippen LogP contribution in [0.15, 0.2) is 18.6 Å². The number of aromatic nitrogens is 2. The van der Waals surface area contributed by atoms with Gasteiger partial charge >= 0.3 is 0 Å². The minimum atomic E-state index is 0.456. The Morgan fingerprint density at radius 1 is 1.58 bits per heavy atom. The van der Waals surface area contributed by atoms with E-state index in [2.05, 4.69) is 39.7 Å². The molecule has 0 aromatic carbocycles. The first-order valence-corrected chi connectivity index (χ1v) is 5.07. The molecule has 0 spiro atoms. The maximum Gasteiger partial charge on any atom is 0.115 e. The molecule has 66 valence electrons. The number of rotatable bonds is 3. The summed E-state index contributed by atoms with van der Waals surface area (Å²) in [5.74, 6) is 0.456. The molecule has 1 rings (SSSR count). The van der Waals surface area contributed by atoms with Gasteiger partial charge in [0.15, 0.2) is 0 Å². The molecule has 2 atom stereocenters. The molecule has 0 radical (unpaired) electrons. The lowest BCUT2D eigenvalue weighted by atomic mass is 10.0. The highest BCUT2D eigenvalue weighted by Gasteiger charge is 2.14. The second kappa shape index (κ2) is 4.55. The van der Waals surface area contributed by atoms with Gasteiger partial charge in [0.2, 0.25) is 0 Å². The van der Waals surface area contributed by atoms with E-state index in [-0.39, 0.29) is 0 Å². The van der Waals surface area contributed by atoms with Gasteiger partial charge in [-0.25, -0.2) is 9.97 Å². The van der Waals surface area contributed by atoms with Crippen molar-refractivity contribution in [1.82, 2.24) is 9.97 Å². The Labute approximate surface area is 81.6 Å². The van der Waals surface area contributed by atoms with Gasteiger partial charge in [0, 0.05) is 22.6 Å². The molecular weight excluding hydrogens is 216 g/mol. The summed E-state index contributed by atoms with van der Waals surface area (Å²) in [6.45, 7) is 4.34. The standard InChI is InChI=1S/C9H13BrN2/c1-3-8(10)7(2)9-4-5-11-6-12-9/h4-8H,3H2,1-2H3. The van der Waals surface area contributed by atoms with E-state index in [1.807, 2.05) is 6.07 Å². The Morgan fingerprint density at radius 3 is 2.83 bits per heavy atom. The number of halogens is 1. The van der Waals surface area contributed by atoms with Crippen LogP contribution in [0.5, 0.6) is 0 Å². The van der Waals surface area contributed by atoms with E-state index in [1.54, 1.807) is 12.5 Å². The van der Waals surface area contributed by atoms with Crippen molar-refractivity contribution in [3.05, 3.63) is 24.3 Å². The van der Waals surface area contributed by atoms with Crippen molar-refractivity contribution in [2.24, 2.45) is 0 Å². The molecule has 1 aromatic heterocycles. The van der Waals surface area contributed by atoms with Gasteiger partial charge in [-0.2, -0.15) is 0 Å². The van der Waals surface area contributed by atoms with Gasteiger partial charge in [-0.15, -0.1) is 0 Å². The molecule has 0 bridgehead atoms. The monoisotopic (exact) mass is 228 g/mol. The van der Waals surface area contributed by atoms with Crippen LogP contribution in [-0.4, -0.2) is 14.8 Å². The first-order valence-electron chi connectivity index (χ1n) is 4.15. The van der Waals surface area contributed by atoms with Crippen LogP contribution in [0.2, 0.25) is 0 Å². The highest BCUT2D eigenvalue weighted by atomic mass is 79.9. The second-order valence-electron chi connectivity index (χ2n) is 2.85. The molecule has 0 fully saturated rings. The third-order valence-corrected chi connectivity index (χ3v) is 3.44. The first kappa shape index (κ1) is 9.65. The van der Waals surface area contributed by atoms with Crippen molar-refractivity contribution < 1.29 is 0 Å². The van der Waals surface area contributed by atoms with E-state index >= 15 is 0 Å². The van der Waals surface area contributed by atoms with Crippen LogP contribution >= 0.6 is 15.9 Å². The molecule has 0 saturated heterocycles. The molecule has 1 heterocycles. The fraction of sp³-hybridized carbons (Fsp3) is 0.556. The van der Waals surface area contributed by atoms with Crippen molar-refractivity contribution in [3.63, 3.8) is 0 Å². The van der Waals surface area contributed by atoms with E-state index in [1.165, 1.54) is 0 Å². The van der Waals surface area contributed by atoms with Crippen molar-refractivity contribution in [2.75, 3.05) is 0 Å². The molecular formula is C9H13BrN2. The molecule has 0 N–H and O–H groups in total. The molecule has 0 aliphatic rings. The quantitative estimate of drug-likeness (QED) is 0.744. The predicted octanol–water partition coefficient (Wildman–Crippen LogP) is 2.75. The summed E-state index contributed by atoms with van der Waals surface area (Å²) in [5, 5.41) is 0. The molecule has 1 aromatic rings. The van der Waals surface area contributed by atoms with Crippen molar-refractivity contribution in [2.45, 2.75) is 31.0 Å². The molecule has 0 aliphatic carbocycles. The number of nitrogens with zero attached hydrogens (tertiary/aromatic N) is 2. The topological polar surface area (TPSA) is 25.8 Å². The normalized spacial score (nSPS) is 15.6. The highest BCUT2D eigenvalue weighted by molar-refractivity contribution is 9.09. The summed E-state index contributed by atoms with van der Waals surface area (Å²) in [5.41, 5.74) is 1.11. The van der Waals surface area contributed by atoms with Gasteiger partial charge in [0.1, 0.15) is 6.33 Å². The molecule has 0 saturated carbocycles. The smallest absolute Gasteiger partial charge is 0.115 e. The summed E-state index contributed by atoms with van der Waals surface area (Å²) in [6.07, 6.45) is 4.50. The van der Waals surface area contributed by atoms with Crippen LogP contribution in [0.25, 0.3) is 0 Å². The summed E-state index contributed by atoms with van der Waals surface area (Å²) < 4.78 is 0. The van der Waals surface area contributed by atoms with Crippen LogP contribution in [0.4, 0.5) is 0 Å². The zero-order valence-corrected chi connectivity index (χ0v) is 8.95. The van der Waals surface area contributed by atoms with E-state index in [0.29, 0.717) is 10.7 Å². The maximum atomic E-state index is 4.21. The van der Waals surface area contributed by atoms with Crippen LogP contribution in [0.3, 0.4) is 0 Å². The van der Waals surface area contributed by atoms with Gasteiger partial charge in [-0.3, -0.25) is 0 Å². The average Bonchev–Trinajstić information content (AvgIpc) is 2.17. The van der Waals surface area contributed by atoms with Crippen LogP contribution < -0.4 is 0 Å². The van der Waals surface area contributed by atoms with E-state index in [4.69, 9.17) is 0 Å². The lowest BCUT2D eigenvalue weighted by molar-refractivity contribution is 0.672. The van der Waals surface area contributed by atoms with Gasteiger partial charge in [-0.1, -0.05) is 29.8 Å². The SMILES string of the molecule is CCC(Br)C(C)c1ccncn1. The Bertz CT molecular complexity index is 225. The fourth-order valence-corrected chi connectivity index (χ4v) is 1.38. The summed E-state index contributed by atoms with van der Waals surface area (Å²) in [6, 6.07) is 1.97. The lowest BCUT2D eigenvalue weighted by Gasteiger charge is -2.15. The predicted molar refractivity (Wildman–Crippen MR) is 53.5 cm³/mol. The third-order valence-electron chi connectivity index (χ3n) is 2.00. The fourth-order valence-electron chi connectivity index (χ4n) is 1.11. The summed E-state index contributed by atoms with van der Waals surface area (Å²) in [4.78, 5) is 8.60. The van der Waals surface area contributed by atoms with Crippen molar-refractivity contribution in [3.8, 4) is 0 Å². The molecule has 12 heavy (non-hydrogen) atoms. The van der Waals surface area contributed by atoms with Crippen LogP contribution in [-0.2, 0) is 0 Å². The van der Waals surface area contributed by atoms with Crippen molar-refractivity contribution in [1.29, 1.82) is 0 Å².